The van der Waals surface area contributed by atoms with E-state index in [1.165, 1.54) is 0 Å². The van der Waals surface area contributed by atoms with E-state index in [-0.39, 0.29) is 0 Å². The van der Waals surface area contributed by atoms with Gasteiger partial charge in [0.1, 0.15) is 0 Å². The summed E-state index contributed by atoms with van der Waals surface area (Å²) in [6.45, 7) is 5.94. The van der Waals surface area contributed by atoms with Gasteiger partial charge in [-0.05, 0) is 26.3 Å². The van der Waals surface area contributed by atoms with Gasteiger partial charge in [-0.2, -0.15) is 5.10 Å². The van der Waals surface area contributed by atoms with Gasteiger partial charge in [0.25, 0.3) is 0 Å². The number of nitrogens with zero attached hydrogens (tertiary/aromatic N) is 2. The van der Waals surface area contributed by atoms with Crippen LogP contribution in [0.1, 0.15) is 31.7 Å². The lowest BCUT2D eigenvalue weighted by Gasteiger charge is -2.23. The molecule has 0 amide bonds. The number of aliphatic carboxylic acids is 1. The lowest BCUT2D eigenvalue weighted by Crippen LogP contribution is -2.36. The van der Waals surface area contributed by atoms with Gasteiger partial charge < -0.3 is 10.4 Å². The van der Waals surface area contributed by atoms with Gasteiger partial charge in [-0.25, -0.2) is 0 Å². The molecule has 1 fully saturated rings. The molecular weight excluding hydrogens is 266 g/mol. The van der Waals surface area contributed by atoms with Crippen molar-refractivity contribution in [3.63, 3.8) is 0 Å². The predicted octanol–water partition coefficient (Wildman–Crippen LogP) is 1.73. The van der Waals surface area contributed by atoms with E-state index in [4.69, 9.17) is 11.6 Å². The zero-order valence-electron chi connectivity index (χ0n) is 11.4. The van der Waals surface area contributed by atoms with Crippen molar-refractivity contribution in [2.24, 2.45) is 5.41 Å². The first kappa shape index (κ1) is 14.3. The minimum atomic E-state index is -0.754. The molecule has 5 nitrogen and oxygen atoms in total. The van der Waals surface area contributed by atoms with E-state index in [1.54, 1.807) is 0 Å². The third-order valence-electron chi connectivity index (χ3n) is 3.90. The Bertz CT molecular complexity index is 478. The molecule has 1 aromatic heterocycles. The summed E-state index contributed by atoms with van der Waals surface area (Å²) in [7, 11) is 0. The summed E-state index contributed by atoms with van der Waals surface area (Å²) < 4.78 is 1.84. The second kappa shape index (κ2) is 5.51. The minimum Gasteiger partial charge on any atom is -0.481 e. The van der Waals surface area contributed by atoms with Crippen LogP contribution in [-0.4, -0.2) is 33.9 Å². The molecule has 2 heterocycles. The first-order chi connectivity index (χ1) is 9.04. The third kappa shape index (κ3) is 2.49. The maximum absolute atomic E-state index is 11.6. The van der Waals surface area contributed by atoms with Gasteiger partial charge in [-0.15, -0.1) is 0 Å². The van der Waals surface area contributed by atoms with E-state index in [0.717, 1.165) is 24.4 Å². The summed E-state index contributed by atoms with van der Waals surface area (Å²) in [5.41, 5.74) is 0.957. The lowest BCUT2D eigenvalue weighted by atomic mass is 9.82. The van der Waals surface area contributed by atoms with Gasteiger partial charge in [0.2, 0.25) is 0 Å². The minimum absolute atomic E-state index is 0.439. The monoisotopic (exact) mass is 285 g/mol. The van der Waals surface area contributed by atoms with Crippen molar-refractivity contribution in [2.75, 3.05) is 13.1 Å². The van der Waals surface area contributed by atoms with E-state index in [0.29, 0.717) is 31.0 Å². The Kier molecular flexibility index (Phi) is 4.16. The van der Waals surface area contributed by atoms with Crippen LogP contribution in [-0.2, 0) is 24.2 Å². The number of carbonyl (C=O) groups is 1. The van der Waals surface area contributed by atoms with Gasteiger partial charge >= 0.3 is 5.97 Å². The van der Waals surface area contributed by atoms with E-state index in [9.17, 15) is 9.90 Å². The number of rotatable bonds is 5. The highest BCUT2D eigenvalue weighted by Crippen LogP contribution is 2.34. The Morgan fingerprint density at radius 3 is 2.79 bits per heavy atom. The average molecular weight is 286 g/mol. The van der Waals surface area contributed by atoms with Crippen LogP contribution < -0.4 is 5.32 Å². The van der Waals surface area contributed by atoms with E-state index in [1.807, 2.05) is 18.5 Å². The maximum Gasteiger partial charge on any atom is 0.311 e. The fraction of sp³-hybridized carbons (Fsp3) is 0.692. The smallest absolute Gasteiger partial charge is 0.311 e. The zero-order chi connectivity index (χ0) is 14.0. The molecule has 1 unspecified atom stereocenters. The summed E-state index contributed by atoms with van der Waals surface area (Å²) >= 11 is 6.36. The Labute approximate surface area is 117 Å². The Morgan fingerprint density at radius 2 is 2.32 bits per heavy atom. The number of aromatic nitrogens is 2. The summed E-state index contributed by atoms with van der Waals surface area (Å²) in [4.78, 5) is 11.6. The lowest BCUT2D eigenvalue weighted by molar-refractivity contribution is -0.147. The van der Waals surface area contributed by atoms with Gasteiger partial charge in [0.15, 0.2) is 0 Å². The van der Waals surface area contributed by atoms with Crippen molar-refractivity contribution in [2.45, 2.75) is 39.7 Å². The predicted molar refractivity (Wildman–Crippen MR) is 73.5 cm³/mol. The molecule has 0 bridgehead atoms. The van der Waals surface area contributed by atoms with E-state index in [2.05, 4.69) is 10.4 Å². The standard InChI is InChI=1S/C13H20ClN3O2/c1-3-9-11(14)10(17(4-2)16-9)7-13(12(18)19)5-6-15-8-13/h15H,3-8H2,1-2H3,(H,18,19). The quantitative estimate of drug-likeness (QED) is 0.864. The highest BCUT2D eigenvalue weighted by molar-refractivity contribution is 6.31. The van der Waals surface area contributed by atoms with Gasteiger partial charge in [-0.3, -0.25) is 9.48 Å². The summed E-state index contributed by atoms with van der Waals surface area (Å²) in [5, 5.41) is 17.8. The molecule has 0 spiro atoms. The fourth-order valence-corrected chi connectivity index (χ4v) is 3.00. The molecule has 0 aromatic carbocycles. The van der Waals surface area contributed by atoms with Gasteiger partial charge in [-0.1, -0.05) is 18.5 Å². The number of hydrogen-bond acceptors (Lipinski definition) is 3. The van der Waals surface area contributed by atoms with Crippen molar-refractivity contribution in [3.05, 3.63) is 16.4 Å². The Balaban J connectivity index is 2.36. The Hall–Kier alpha value is -1.07. The van der Waals surface area contributed by atoms with Crippen LogP contribution in [0.2, 0.25) is 5.02 Å². The topological polar surface area (TPSA) is 67.2 Å². The summed E-state index contributed by atoms with van der Waals surface area (Å²) in [6, 6.07) is 0. The number of aryl methyl sites for hydroxylation is 2. The molecule has 1 atom stereocenters. The van der Waals surface area contributed by atoms with Crippen LogP contribution in [0.5, 0.6) is 0 Å². The average Bonchev–Trinajstić information content (AvgIpc) is 2.97. The molecule has 0 saturated carbocycles. The van der Waals surface area contributed by atoms with Crippen LogP contribution in [0.25, 0.3) is 0 Å². The molecule has 0 aliphatic carbocycles. The van der Waals surface area contributed by atoms with Crippen LogP contribution in [0.4, 0.5) is 0 Å². The van der Waals surface area contributed by atoms with Gasteiger partial charge in [0.05, 0.1) is 21.8 Å². The van der Waals surface area contributed by atoms with Crippen LogP contribution in [0, 0.1) is 5.41 Å². The number of carboxylic acid groups (broad SMARTS) is 1. The molecule has 1 aromatic rings. The highest BCUT2D eigenvalue weighted by Gasteiger charge is 2.43. The van der Waals surface area contributed by atoms with Crippen molar-refractivity contribution in [1.82, 2.24) is 15.1 Å². The molecule has 2 N–H and O–H groups in total. The van der Waals surface area contributed by atoms with Crippen molar-refractivity contribution in [3.8, 4) is 0 Å². The van der Waals surface area contributed by atoms with Crippen molar-refractivity contribution in [1.29, 1.82) is 0 Å². The molecule has 1 aliphatic rings. The van der Waals surface area contributed by atoms with Crippen LogP contribution in [0.3, 0.4) is 0 Å². The molecular formula is C13H20ClN3O2. The number of carboxylic acids is 1. The van der Waals surface area contributed by atoms with Crippen molar-refractivity contribution < 1.29 is 9.90 Å². The molecule has 6 heteroatoms. The molecule has 0 radical (unpaired) electrons. The fourth-order valence-electron chi connectivity index (χ4n) is 2.66. The summed E-state index contributed by atoms with van der Waals surface area (Å²) in [6.07, 6.45) is 1.83. The molecule has 106 valence electrons. The van der Waals surface area contributed by atoms with Gasteiger partial charge in [0, 0.05) is 19.5 Å². The second-order valence-electron chi connectivity index (χ2n) is 5.07. The molecule has 2 rings (SSSR count). The first-order valence-corrected chi connectivity index (χ1v) is 7.10. The first-order valence-electron chi connectivity index (χ1n) is 6.72. The van der Waals surface area contributed by atoms with Crippen molar-refractivity contribution >= 4 is 17.6 Å². The molecule has 1 saturated heterocycles. The number of nitrogens with one attached hydrogen (secondary N) is 1. The summed E-state index contributed by atoms with van der Waals surface area (Å²) in [5.74, 6) is -0.754. The largest absolute Gasteiger partial charge is 0.481 e. The zero-order valence-corrected chi connectivity index (χ0v) is 12.1. The maximum atomic E-state index is 11.6. The Morgan fingerprint density at radius 1 is 1.58 bits per heavy atom. The molecule has 19 heavy (non-hydrogen) atoms. The normalized spacial score (nSPS) is 22.9. The third-order valence-corrected chi connectivity index (χ3v) is 4.33. The number of halogens is 1. The molecule has 1 aliphatic heterocycles. The van der Waals surface area contributed by atoms with E-state index < -0.39 is 11.4 Å². The SMILES string of the molecule is CCc1nn(CC)c(CC2(C(=O)O)CCNC2)c1Cl. The highest BCUT2D eigenvalue weighted by atomic mass is 35.5. The van der Waals surface area contributed by atoms with Crippen LogP contribution >= 0.6 is 11.6 Å². The van der Waals surface area contributed by atoms with E-state index >= 15 is 0 Å². The second-order valence-corrected chi connectivity index (χ2v) is 5.44. The number of hydrogen-bond donors (Lipinski definition) is 2. The van der Waals surface area contributed by atoms with Crippen LogP contribution in [0.15, 0.2) is 0 Å².